The number of carbonyl (C=O) groups is 1. The Balaban J connectivity index is 2.28. The Morgan fingerprint density at radius 1 is 1.19 bits per heavy atom. The van der Waals surface area contributed by atoms with Crippen molar-refractivity contribution in [1.82, 2.24) is 0 Å². The van der Waals surface area contributed by atoms with Gasteiger partial charge in [-0.1, -0.05) is 22.0 Å². The molecule has 0 radical (unpaired) electrons. The van der Waals surface area contributed by atoms with Crippen LogP contribution in [0.2, 0.25) is 0 Å². The van der Waals surface area contributed by atoms with Gasteiger partial charge in [0.05, 0.1) is 17.3 Å². The number of anilines is 1. The molecule has 1 unspecified atom stereocenters. The number of benzene rings is 2. The summed E-state index contributed by atoms with van der Waals surface area (Å²) in [6.45, 7) is 1.67. The lowest BCUT2D eigenvalue weighted by atomic mass is 10.1. The molecule has 110 valence electrons. The van der Waals surface area contributed by atoms with Crippen LogP contribution in [-0.2, 0) is 0 Å². The molecule has 2 aromatic rings. The molecule has 2 N–H and O–H groups in total. The van der Waals surface area contributed by atoms with Gasteiger partial charge in [-0.25, -0.2) is 13.6 Å². The predicted octanol–water partition coefficient (Wildman–Crippen LogP) is 4.60. The van der Waals surface area contributed by atoms with E-state index in [1.54, 1.807) is 19.1 Å². The predicted molar refractivity (Wildman–Crippen MR) is 79.5 cm³/mol. The standard InChI is InChI=1S/C15H12BrF2NO2/c1-8(11-4-3-10(16)7-13(11)18)19-14-6-9(15(20)21)2-5-12(14)17/h2-8,19H,1H3,(H,20,21). The van der Waals surface area contributed by atoms with Crippen LogP contribution in [0.1, 0.15) is 28.9 Å². The van der Waals surface area contributed by atoms with Crippen LogP contribution in [0.15, 0.2) is 40.9 Å². The summed E-state index contributed by atoms with van der Waals surface area (Å²) in [4.78, 5) is 10.9. The number of nitrogens with one attached hydrogen (secondary N) is 1. The zero-order valence-electron chi connectivity index (χ0n) is 11.0. The first-order chi connectivity index (χ1) is 9.88. The Bertz CT molecular complexity index is 691. The van der Waals surface area contributed by atoms with Crippen molar-refractivity contribution >= 4 is 27.6 Å². The lowest BCUT2D eigenvalue weighted by Gasteiger charge is -2.17. The monoisotopic (exact) mass is 355 g/mol. The summed E-state index contributed by atoms with van der Waals surface area (Å²) in [5.74, 6) is -2.18. The van der Waals surface area contributed by atoms with Crippen molar-refractivity contribution in [2.24, 2.45) is 0 Å². The van der Waals surface area contributed by atoms with Crippen LogP contribution in [0, 0.1) is 11.6 Å². The second kappa shape index (κ2) is 6.22. The Hall–Kier alpha value is -1.95. The lowest BCUT2D eigenvalue weighted by Crippen LogP contribution is -2.10. The minimum absolute atomic E-state index is 0.0183. The summed E-state index contributed by atoms with van der Waals surface area (Å²) in [7, 11) is 0. The first-order valence-electron chi connectivity index (χ1n) is 6.13. The third-order valence-electron chi connectivity index (χ3n) is 3.01. The average molecular weight is 356 g/mol. The summed E-state index contributed by atoms with van der Waals surface area (Å²) in [6.07, 6.45) is 0. The van der Waals surface area contributed by atoms with Crippen LogP contribution in [0.25, 0.3) is 0 Å². The molecule has 0 aliphatic rings. The summed E-state index contributed by atoms with van der Waals surface area (Å²) in [5.41, 5.74) is 0.338. The van der Waals surface area contributed by atoms with Crippen molar-refractivity contribution in [3.05, 3.63) is 63.6 Å². The van der Waals surface area contributed by atoms with Crippen molar-refractivity contribution in [3.8, 4) is 0 Å². The van der Waals surface area contributed by atoms with Gasteiger partial charge in [0.1, 0.15) is 11.6 Å². The number of halogens is 3. The zero-order chi connectivity index (χ0) is 15.6. The lowest BCUT2D eigenvalue weighted by molar-refractivity contribution is 0.0697. The molecule has 6 heteroatoms. The van der Waals surface area contributed by atoms with E-state index in [2.05, 4.69) is 21.2 Å². The van der Waals surface area contributed by atoms with Gasteiger partial charge in [0.15, 0.2) is 0 Å². The molecule has 0 fully saturated rings. The van der Waals surface area contributed by atoms with Gasteiger partial charge in [-0.3, -0.25) is 0 Å². The van der Waals surface area contributed by atoms with E-state index in [1.807, 2.05) is 0 Å². The number of rotatable bonds is 4. The summed E-state index contributed by atoms with van der Waals surface area (Å²) < 4.78 is 28.2. The van der Waals surface area contributed by atoms with Crippen molar-refractivity contribution in [2.45, 2.75) is 13.0 Å². The van der Waals surface area contributed by atoms with Crippen LogP contribution >= 0.6 is 15.9 Å². The fourth-order valence-electron chi connectivity index (χ4n) is 1.93. The SMILES string of the molecule is CC(Nc1cc(C(=O)O)ccc1F)c1ccc(Br)cc1F. The molecule has 0 saturated carbocycles. The Kier molecular flexibility index (Phi) is 4.57. The zero-order valence-corrected chi connectivity index (χ0v) is 12.6. The minimum Gasteiger partial charge on any atom is -0.478 e. The molecule has 0 aliphatic carbocycles. The average Bonchev–Trinajstić information content (AvgIpc) is 2.40. The van der Waals surface area contributed by atoms with Crippen LogP contribution in [0.4, 0.5) is 14.5 Å². The van der Waals surface area contributed by atoms with Crippen molar-refractivity contribution in [2.75, 3.05) is 5.32 Å². The molecular formula is C15H12BrF2NO2. The minimum atomic E-state index is -1.15. The molecule has 1 atom stereocenters. The van der Waals surface area contributed by atoms with Gasteiger partial charge in [0.25, 0.3) is 0 Å². The van der Waals surface area contributed by atoms with E-state index in [0.29, 0.717) is 10.0 Å². The Labute approximate surface area is 128 Å². The van der Waals surface area contributed by atoms with Crippen molar-refractivity contribution in [3.63, 3.8) is 0 Å². The highest BCUT2D eigenvalue weighted by molar-refractivity contribution is 9.10. The van der Waals surface area contributed by atoms with Crippen LogP contribution in [0.5, 0.6) is 0 Å². The number of carboxylic acids is 1. The molecule has 0 saturated heterocycles. The van der Waals surface area contributed by atoms with E-state index < -0.39 is 23.6 Å². The molecule has 0 heterocycles. The third-order valence-corrected chi connectivity index (χ3v) is 3.51. The van der Waals surface area contributed by atoms with E-state index in [0.717, 1.165) is 6.07 Å². The second-order valence-electron chi connectivity index (χ2n) is 4.53. The number of hydrogen-bond acceptors (Lipinski definition) is 2. The smallest absolute Gasteiger partial charge is 0.335 e. The van der Waals surface area contributed by atoms with E-state index in [1.165, 1.54) is 18.2 Å². The molecule has 0 bridgehead atoms. The molecule has 0 aromatic heterocycles. The van der Waals surface area contributed by atoms with Crippen molar-refractivity contribution in [1.29, 1.82) is 0 Å². The second-order valence-corrected chi connectivity index (χ2v) is 5.45. The number of hydrogen-bond donors (Lipinski definition) is 2. The van der Waals surface area contributed by atoms with Gasteiger partial charge >= 0.3 is 5.97 Å². The Morgan fingerprint density at radius 3 is 2.52 bits per heavy atom. The topological polar surface area (TPSA) is 49.3 Å². The highest BCUT2D eigenvalue weighted by Crippen LogP contribution is 2.26. The number of aromatic carboxylic acids is 1. The largest absolute Gasteiger partial charge is 0.478 e. The van der Waals surface area contributed by atoms with Gasteiger partial charge in [-0.2, -0.15) is 0 Å². The molecule has 0 amide bonds. The summed E-state index contributed by atoms with van der Waals surface area (Å²) >= 11 is 3.16. The maximum absolute atomic E-state index is 13.9. The van der Waals surface area contributed by atoms with Gasteiger partial charge in [0.2, 0.25) is 0 Å². The maximum atomic E-state index is 13.9. The first kappa shape index (κ1) is 15.4. The van der Waals surface area contributed by atoms with E-state index in [4.69, 9.17) is 5.11 Å². The summed E-state index contributed by atoms with van der Waals surface area (Å²) in [6, 6.07) is 7.49. The fraction of sp³-hybridized carbons (Fsp3) is 0.133. The van der Waals surface area contributed by atoms with Gasteiger partial charge in [-0.05, 0) is 37.3 Å². The fourth-order valence-corrected chi connectivity index (χ4v) is 2.27. The highest BCUT2D eigenvalue weighted by Gasteiger charge is 2.14. The van der Waals surface area contributed by atoms with Gasteiger partial charge in [0, 0.05) is 10.0 Å². The molecule has 0 aliphatic heterocycles. The highest BCUT2D eigenvalue weighted by atomic mass is 79.9. The Morgan fingerprint density at radius 2 is 1.90 bits per heavy atom. The summed E-state index contributed by atoms with van der Waals surface area (Å²) in [5, 5.41) is 11.7. The molecule has 0 spiro atoms. The maximum Gasteiger partial charge on any atom is 0.335 e. The van der Waals surface area contributed by atoms with Crippen molar-refractivity contribution < 1.29 is 18.7 Å². The molecule has 2 aromatic carbocycles. The molecule has 2 rings (SSSR count). The van der Waals surface area contributed by atoms with E-state index >= 15 is 0 Å². The van der Waals surface area contributed by atoms with Gasteiger partial charge < -0.3 is 10.4 Å². The molecule has 3 nitrogen and oxygen atoms in total. The van der Waals surface area contributed by atoms with Gasteiger partial charge in [-0.15, -0.1) is 0 Å². The van der Waals surface area contributed by atoms with Crippen LogP contribution in [-0.4, -0.2) is 11.1 Å². The number of carboxylic acid groups (broad SMARTS) is 1. The van der Waals surface area contributed by atoms with Crippen LogP contribution < -0.4 is 5.32 Å². The van der Waals surface area contributed by atoms with E-state index in [-0.39, 0.29) is 11.3 Å². The third kappa shape index (κ3) is 3.58. The quantitative estimate of drug-likeness (QED) is 0.842. The van der Waals surface area contributed by atoms with E-state index in [9.17, 15) is 13.6 Å². The molecular weight excluding hydrogens is 344 g/mol. The first-order valence-corrected chi connectivity index (χ1v) is 6.92. The molecule has 21 heavy (non-hydrogen) atoms. The van der Waals surface area contributed by atoms with Crippen LogP contribution in [0.3, 0.4) is 0 Å². The normalized spacial score (nSPS) is 12.0.